The van der Waals surface area contributed by atoms with Crippen molar-refractivity contribution in [3.63, 3.8) is 0 Å². The number of benzene rings is 2. The minimum atomic E-state index is -0.955. The Morgan fingerprint density at radius 1 is 1.00 bits per heavy atom. The van der Waals surface area contributed by atoms with Crippen molar-refractivity contribution in [2.75, 3.05) is 6.54 Å². The fourth-order valence-corrected chi connectivity index (χ4v) is 3.75. The number of amides is 3. The summed E-state index contributed by atoms with van der Waals surface area (Å²) in [6.45, 7) is 11.4. The predicted molar refractivity (Wildman–Crippen MR) is 139 cm³/mol. The maximum absolute atomic E-state index is 13.9. The van der Waals surface area contributed by atoms with Crippen molar-refractivity contribution in [2.45, 2.75) is 72.2 Å². The van der Waals surface area contributed by atoms with Gasteiger partial charge in [-0.2, -0.15) is 0 Å². The minimum Gasteiger partial charge on any atom is -0.508 e. The number of phenols is 1. The van der Waals surface area contributed by atoms with Gasteiger partial charge in [-0.1, -0.05) is 63.2 Å². The van der Waals surface area contributed by atoms with Gasteiger partial charge < -0.3 is 25.4 Å². The van der Waals surface area contributed by atoms with Gasteiger partial charge in [-0.15, -0.1) is 0 Å². The molecule has 2 unspecified atom stereocenters. The second-order valence-corrected chi connectivity index (χ2v) is 10.1. The van der Waals surface area contributed by atoms with Crippen LogP contribution in [0.1, 0.15) is 65.1 Å². The molecule has 2 aromatic carbocycles. The molecule has 0 aromatic heterocycles. The van der Waals surface area contributed by atoms with Gasteiger partial charge in [0.05, 0.1) is 0 Å². The zero-order chi connectivity index (χ0) is 26.9. The third kappa shape index (κ3) is 8.59. The molecule has 2 atom stereocenters. The van der Waals surface area contributed by atoms with Crippen LogP contribution in [-0.2, 0) is 20.9 Å². The van der Waals surface area contributed by atoms with Crippen molar-refractivity contribution in [1.29, 1.82) is 0 Å². The highest BCUT2D eigenvalue weighted by Crippen LogP contribution is 2.26. The molecule has 0 spiro atoms. The lowest BCUT2D eigenvalue weighted by molar-refractivity contribution is -0.143. The maximum Gasteiger partial charge on any atom is 0.408 e. The van der Waals surface area contributed by atoms with Crippen molar-refractivity contribution in [3.05, 3.63) is 65.7 Å². The van der Waals surface area contributed by atoms with E-state index in [-0.39, 0.29) is 23.5 Å². The molecule has 0 heterocycles. The Bertz CT molecular complexity index is 1000. The minimum absolute atomic E-state index is 0.0576. The molecule has 0 fully saturated rings. The lowest BCUT2D eigenvalue weighted by Gasteiger charge is -2.35. The van der Waals surface area contributed by atoms with Crippen molar-refractivity contribution in [2.24, 2.45) is 5.92 Å². The zero-order valence-corrected chi connectivity index (χ0v) is 22.1. The number of ether oxygens (including phenoxy) is 1. The van der Waals surface area contributed by atoms with E-state index in [0.29, 0.717) is 25.1 Å². The number of alkyl carbamates (subject to hydrolysis) is 1. The molecule has 8 heteroatoms. The summed E-state index contributed by atoms with van der Waals surface area (Å²) in [6, 6.07) is 13.9. The molecule has 0 aliphatic carbocycles. The number of hydrogen-bond donors (Lipinski definition) is 3. The van der Waals surface area contributed by atoms with Gasteiger partial charge in [0, 0.05) is 13.1 Å². The maximum atomic E-state index is 13.9. The number of carbonyl (C=O) groups excluding carboxylic acids is 3. The molecule has 2 rings (SSSR count). The summed E-state index contributed by atoms with van der Waals surface area (Å²) in [5.74, 6) is -0.934. The van der Waals surface area contributed by atoms with Gasteiger partial charge in [0.1, 0.15) is 23.4 Å². The fraction of sp³-hybridized carbons (Fsp3) is 0.464. The summed E-state index contributed by atoms with van der Waals surface area (Å²) < 4.78 is 5.37. The Kier molecular flexibility index (Phi) is 10.3. The SMILES string of the molecule is CCCN(C(=O)C(NC(=O)OC(C)(C)C)C(C)C)C(C(=O)NCc1ccccc1)c1ccc(O)cc1. The molecule has 36 heavy (non-hydrogen) atoms. The van der Waals surface area contributed by atoms with Gasteiger partial charge >= 0.3 is 6.09 Å². The first kappa shape index (κ1) is 28.7. The topological polar surface area (TPSA) is 108 Å². The Morgan fingerprint density at radius 2 is 1.61 bits per heavy atom. The lowest BCUT2D eigenvalue weighted by Crippen LogP contribution is -2.55. The van der Waals surface area contributed by atoms with E-state index in [9.17, 15) is 19.5 Å². The number of nitrogens with zero attached hydrogens (tertiary/aromatic N) is 1. The normalized spacial score (nSPS) is 13.0. The van der Waals surface area contributed by atoms with Gasteiger partial charge in [0.15, 0.2) is 0 Å². The molecule has 0 saturated carbocycles. The summed E-state index contributed by atoms with van der Waals surface area (Å²) >= 11 is 0. The average Bonchev–Trinajstić information content (AvgIpc) is 2.81. The number of rotatable bonds is 10. The number of carbonyl (C=O) groups is 3. The average molecular weight is 498 g/mol. The van der Waals surface area contributed by atoms with Crippen molar-refractivity contribution < 1.29 is 24.2 Å². The first-order chi connectivity index (χ1) is 16.9. The van der Waals surface area contributed by atoms with Gasteiger partial charge in [-0.3, -0.25) is 9.59 Å². The lowest BCUT2D eigenvalue weighted by atomic mass is 9.98. The van der Waals surface area contributed by atoms with E-state index in [2.05, 4.69) is 10.6 Å². The molecule has 3 amide bonds. The van der Waals surface area contributed by atoms with E-state index in [0.717, 1.165) is 5.56 Å². The second-order valence-electron chi connectivity index (χ2n) is 10.1. The van der Waals surface area contributed by atoms with E-state index in [1.54, 1.807) is 32.9 Å². The molecule has 196 valence electrons. The third-order valence-corrected chi connectivity index (χ3v) is 5.43. The molecule has 0 saturated heterocycles. The standard InChI is InChI=1S/C28H39N3O5/c1-7-17-31(26(34)23(19(2)3)30-27(35)36-28(4,5)6)24(21-13-15-22(32)16-14-21)25(33)29-18-20-11-9-8-10-12-20/h8-16,19,23-24,32H,7,17-18H2,1-6H3,(H,29,33)(H,30,35). The summed E-state index contributed by atoms with van der Waals surface area (Å²) in [4.78, 5) is 41.4. The summed E-state index contributed by atoms with van der Waals surface area (Å²) in [5.41, 5.74) is 0.763. The molecule has 0 radical (unpaired) electrons. The highest BCUT2D eigenvalue weighted by molar-refractivity contribution is 5.92. The smallest absolute Gasteiger partial charge is 0.408 e. The van der Waals surface area contributed by atoms with Crippen LogP contribution in [0.2, 0.25) is 0 Å². The highest BCUT2D eigenvalue weighted by atomic mass is 16.6. The highest BCUT2D eigenvalue weighted by Gasteiger charge is 2.37. The van der Waals surface area contributed by atoms with Crippen molar-refractivity contribution in [3.8, 4) is 5.75 Å². The van der Waals surface area contributed by atoms with Crippen LogP contribution in [0.5, 0.6) is 5.75 Å². The Hall–Kier alpha value is -3.55. The molecule has 0 aliphatic rings. The van der Waals surface area contributed by atoms with Gasteiger partial charge in [0.2, 0.25) is 11.8 Å². The molecule has 0 bridgehead atoms. The Balaban J connectivity index is 2.39. The molecule has 3 N–H and O–H groups in total. The molecular weight excluding hydrogens is 458 g/mol. The van der Waals surface area contributed by atoms with Gasteiger partial charge in [-0.25, -0.2) is 4.79 Å². The summed E-state index contributed by atoms with van der Waals surface area (Å²) in [5, 5.41) is 15.4. The number of aromatic hydroxyl groups is 1. The number of nitrogens with one attached hydrogen (secondary N) is 2. The van der Waals surface area contributed by atoms with Crippen LogP contribution in [0.4, 0.5) is 4.79 Å². The Morgan fingerprint density at radius 3 is 2.14 bits per heavy atom. The van der Waals surface area contributed by atoms with Crippen LogP contribution in [0.25, 0.3) is 0 Å². The summed E-state index contributed by atoms with van der Waals surface area (Å²) in [7, 11) is 0. The van der Waals surface area contributed by atoms with E-state index < -0.39 is 23.8 Å². The summed E-state index contributed by atoms with van der Waals surface area (Å²) in [6.07, 6.45) is -0.0931. The largest absolute Gasteiger partial charge is 0.508 e. The van der Waals surface area contributed by atoms with Crippen LogP contribution < -0.4 is 10.6 Å². The number of hydrogen-bond acceptors (Lipinski definition) is 5. The zero-order valence-electron chi connectivity index (χ0n) is 22.1. The van der Waals surface area contributed by atoms with E-state index in [1.165, 1.54) is 17.0 Å². The molecule has 8 nitrogen and oxygen atoms in total. The first-order valence-corrected chi connectivity index (χ1v) is 12.3. The van der Waals surface area contributed by atoms with Crippen LogP contribution in [0.15, 0.2) is 54.6 Å². The number of phenolic OH excluding ortho intramolecular Hbond substituents is 1. The van der Waals surface area contributed by atoms with Crippen molar-refractivity contribution >= 4 is 17.9 Å². The molecule has 0 aliphatic heterocycles. The van der Waals surface area contributed by atoms with Gasteiger partial charge in [-0.05, 0) is 56.4 Å². The van der Waals surface area contributed by atoms with Crippen LogP contribution in [-0.4, -0.2) is 46.1 Å². The van der Waals surface area contributed by atoms with Crippen LogP contribution >= 0.6 is 0 Å². The van der Waals surface area contributed by atoms with E-state index in [4.69, 9.17) is 4.74 Å². The second kappa shape index (κ2) is 13.0. The molecule has 2 aromatic rings. The predicted octanol–water partition coefficient (Wildman–Crippen LogP) is 4.54. The first-order valence-electron chi connectivity index (χ1n) is 12.3. The van der Waals surface area contributed by atoms with E-state index in [1.807, 2.05) is 51.1 Å². The Labute approximate surface area is 214 Å². The fourth-order valence-electron chi connectivity index (χ4n) is 3.75. The van der Waals surface area contributed by atoms with E-state index >= 15 is 0 Å². The van der Waals surface area contributed by atoms with Crippen LogP contribution in [0, 0.1) is 5.92 Å². The monoisotopic (exact) mass is 497 g/mol. The molecular formula is C28H39N3O5. The van der Waals surface area contributed by atoms with Gasteiger partial charge in [0.25, 0.3) is 0 Å². The quantitative estimate of drug-likeness (QED) is 0.447. The van der Waals surface area contributed by atoms with Crippen LogP contribution in [0.3, 0.4) is 0 Å². The third-order valence-electron chi connectivity index (χ3n) is 5.43. The van der Waals surface area contributed by atoms with Crippen molar-refractivity contribution in [1.82, 2.24) is 15.5 Å².